The summed E-state index contributed by atoms with van der Waals surface area (Å²) in [6, 6.07) is 6.55. The molecule has 0 atom stereocenters. The molecule has 5 nitrogen and oxygen atoms in total. The summed E-state index contributed by atoms with van der Waals surface area (Å²) in [6.07, 6.45) is 8.11. The van der Waals surface area contributed by atoms with E-state index in [9.17, 15) is 14.7 Å². The summed E-state index contributed by atoms with van der Waals surface area (Å²) in [6.45, 7) is 0. The van der Waals surface area contributed by atoms with Crippen molar-refractivity contribution in [1.82, 2.24) is 10.3 Å². The fourth-order valence-electron chi connectivity index (χ4n) is 2.64. The number of benzene rings is 1. The first kappa shape index (κ1) is 14.8. The van der Waals surface area contributed by atoms with Gasteiger partial charge in [0.15, 0.2) is 0 Å². The van der Waals surface area contributed by atoms with E-state index in [1.54, 1.807) is 24.3 Å². The highest BCUT2D eigenvalue weighted by molar-refractivity contribution is 6.13. The van der Waals surface area contributed by atoms with Crippen molar-refractivity contribution < 1.29 is 14.7 Å². The van der Waals surface area contributed by atoms with Crippen molar-refractivity contribution in [3.8, 4) is 0 Å². The Labute approximate surface area is 133 Å². The van der Waals surface area contributed by atoms with E-state index in [4.69, 9.17) is 0 Å². The van der Waals surface area contributed by atoms with E-state index in [1.165, 1.54) is 6.07 Å². The zero-order chi connectivity index (χ0) is 16.4. The van der Waals surface area contributed by atoms with Crippen molar-refractivity contribution in [2.75, 3.05) is 7.05 Å². The number of hydrogen-bond acceptors (Lipinski definition) is 3. The molecule has 5 heteroatoms. The number of allylic oxidation sites excluding steroid dienone is 5. The molecule has 1 heterocycles. The van der Waals surface area contributed by atoms with Crippen molar-refractivity contribution in [3.05, 3.63) is 71.1 Å². The number of aromatic amines is 1. The quantitative estimate of drug-likeness (QED) is 0.758. The van der Waals surface area contributed by atoms with E-state index < -0.39 is 5.97 Å². The summed E-state index contributed by atoms with van der Waals surface area (Å²) in [7, 11) is 1.83. The fourth-order valence-corrected chi connectivity index (χ4v) is 2.64. The minimum Gasteiger partial charge on any atom is -0.478 e. The summed E-state index contributed by atoms with van der Waals surface area (Å²) < 4.78 is 0. The number of ketones is 1. The second kappa shape index (κ2) is 5.96. The monoisotopic (exact) mass is 308 g/mol. The SMILES string of the molecule is CNC=C1C=CC(C(=O)c2cc3c(C(=O)O)cccc3[nH]2)=CC1. The number of rotatable bonds is 4. The topological polar surface area (TPSA) is 82.2 Å². The minimum absolute atomic E-state index is 0.141. The normalized spacial score (nSPS) is 15.7. The molecule has 23 heavy (non-hydrogen) atoms. The predicted molar refractivity (Wildman–Crippen MR) is 88.6 cm³/mol. The standard InChI is InChI=1S/C18H16N2O3/c1-19-10-11-5-7-12(8-6-11)17(21)16-9-14-13(18(22)23)3-2-4-15(14)20-16/h2-5,7-10,19-20H,6H2,1H3,(H,22,23). The molecule has 0 unspecified atom stereocenters. The summed E-state index contributed by atoms with van der Waals surface area (Å²) in [5.74, 6) is -1.15. The third kappa shape index (κ3) is 2.81. The van der Waals surface area contributed by atoms with Gasteiger partial charge >= 0.3 is 5.97 Å². The number of hydrogen-bond donors (Lipinski definition) is 3. The summed E-state index contributed by atoms with van der Waals surface area (Å²) in [5.41, 5.74) is 2.91. The van der Waals surface area contributed by atoms with Crippen LogP contribution in [0, 0.1) is 0 Å². The maximum atomic E-state index is 12.6. The van der Waals surface area contributed by atoms with E-state index in [0.29, 0.717) is 28.6 Å². The van der Waals surface area contributed by atoms with Crippen LogP contribution in [0.5, 0.6) is 0 Å². The number of H-pyrrole nitrogens is 1. The van der Waals surface area contributed by atoms with E-state index in [1.807, 2.05) is 25.4 Å². The molecule has 2 aromatic rings. The van der Waals surface area contributed by atoms with Crippen molar-refractivity contribution in [2.45, 2.75) is 6.42 Å². The Balaban J connectivity index is 1.94. The Bertz CT molecular complexity index is 885. The molecule has 0 aliphatic heterocycles. The van der Waals surface area contributed by atoms with E-state index >= 15 is 0 Å². The molecule has 0 saturated heterocycles. The van der Waals surface area contributed by atoms with Crippen LogP contribution in [-0.4, -0.2) is 28.9 Å². The van der Waals surface area contributed by atoms with Crippen molar-refractivity contribution in [3.63, 3.8) is 0 Å². The third-order valence-electron chi connectivity index (χ3n) is 3.77. The first-order valence-electron chi connectivity index (χ1n) is 7.24. The number of carbonyl (C=O) groups is 2. The summed E-state index contributed by atoms with van der Waals surface area (Å²) in [5, 5.41) is 12.7. The predicted octanol–water partition coefficient (Wildman–Crippen LogP) is 3.04. The Morgan fingerprint density at radius 2 is 2.13 bits per heavy atom. The average Bonchev–Trinajstić information content (AvgIpc) is 2.99. The largest absolute Gasteiger partial charge is 0.478 e. The molecule has 0 fully saturated rings. The lowest BCUT2D eigenvalue weighted by atomic mass is 9.98. The van der Waals surface area contributed by atoms with Gasteiger partial charge in [-0.15, -0.1) is 0 Å². The van der Waals surface area contributed by atoms with Crippen LogP contribution in [0.25, 0.3) is 10.9 Å². The maximum absolute atomic E-state index is 12.6. The first-order chi connectivity index (χ1) is 11.1. The Morgan fingerprint density at radius 1 is 1.30 bits per heavy atom. The van der Waals surface area contributed by atoms with Crippen LogP contribution in [-0.2, 0) is 0 Å². The van der Waals surface area contributed by atoms with E-state index in [-0.39, 0.29) is 11.3 Å². The average molecular weight is 308 g/mol. The first-order valence-corrected chi connectivity index (χ1v) is 7.24. The van der Waals surface area contributed by atoms with Crippen molar-refractivity contribution in [1.29, 1.82) is 0 Å². The van der Waals surface area contributed by atoms with Crippen LogP contribution >= 0.6 is 0 Å². The minimum atomic E-state index is -1.01. The zero-order valence-corrected chi connectivity index (χ0v) is 12.6. The molecule has 0 bridgehead atoms. The number of aromatic nitrogens is 1. The van der Waals surface area contributed by atoms with Crippen LogP contribution in [0.2, 0.25) is 0 Å². The van der Waals surface area contributed by atoms with Crippen LogP contribution < -0.4 is 5.32 Å². The highest BCUT2D eigenvalue weighted by Crippen LogP contribution is 2.24. The van der Waals surface area contributed by atoms with Gasteiger partial charge in [-0.05, 0) is 36.4 Å². The van der Waals surface area contributed by atoms with Crippen molar-refractivity contribution >= 4 is 22.7 Å². The summed E-state index contributed by atoms with van der Waals surface area (Å²) in [4.78, 5) is 26.9. The van der Waals surface area contributed by atoms with Gasteiger partial charge in [-0.3, -0.25) is 4.79 Å². The van der Waals surface area contributed by atoms with E-state index in [0.717, 1.165) is 5.57 Å². The Hall–Kier alpha value is -3.08. The molecule has 1 aromatic carbocycles. The fraction of sp³-hybridized carbons (Fsp3) is 0.111. The van der Waals surface area contributed by atoms with Gasteiger partial charge in [0, 0.05) is 23.5 Å². The van der Waals surface area contributed by atoms with E-state index in [2.05, 4.69) is 10.3 Å². The molecule has 3 N–H and O–H groups in total. The van der Waals surface area contributed by atoms with Crippen molar-refractivity contribution in [2.24, 2.45) is 0 Å². The Morgan fingerprint density at radius 3 is 2.78 bits per heavy atom. The number of carboxylic acid groups (broad SMARTS) is 1. The van der Waals surface area contributed by atoms with Gasteiger partial charge in [0.05, 0.1) is 11.3 Å². The third-order valence-corrected chi connectivity index (χ3v) is 3.77. The molecule has 0 saturated carbocycles. The van der Waals surface area contributed by atoms with Gasteiger partial charge in [0.25, 0.3) is 0 Å². The number of Topliss-reactive ketones (excluding diaryl/α,β-unsaturated/α-hetero) is 1. The molecule has 0 amide bonds. The number of aromatic carboxylic acids is 1. The number of carbonyl (C=O) groups excluding carboxylic acids is 1. The smallest absolute Gasteiger partial charge is 0.336 e. The maximum Gasteiger partial charge on any atom is 0.336 e. The molecule has 0 spiro atoms. The lowest BCUT2D eigenvalue weighted by molar-refractivity contribution is 0.0698. The van der Waals surface area contributed by atoms with Gasteiger partial charge in [-0.2, -0.15) is 0 Å². The van der Waals surface area contributed by atoms with Crippen LogP contribution in [0.15, 0.2) is 59.8 Å². The molecular weight excluding hydrogens is 292 g/mol. The van der Waals surface area contributed by atoms with Crippen LogP contribution in [0.4, 0.5) is 0 Å². The van der Waals surface area contributed by atoms with Crippen LogP contribution in [0.1, 0.15) is 27.3 Å². The van der Waals surface area contributed by atoms with Gasteiger partial charge < -0.3 is 15.4 Å². The van der Waals surface area contributed by atoms with Gasteiger partial charge in [-0.1, -0.05) is 24.3 Å². The highest BCUT2D eigenvalue weighted by Gasteiger charge is 2.17. The molecule has 116 valence electrons. The van der Waals surface area contributed by atoms with Gasteiger partial charge in [0.1, 0.15) is 0 Å². The molecule has 1 aliphatic rings. The molecule has 1 aliphatic carbocycles. The number of fused-ring (bicyclic) bond motifs is 1. The second-order valence-corrected chi connectivity index (χ2v) is 5.29. The highest BCUT2D eigenvalue weighted by atomic mass is 16.4. The number of nitrogens with one attached hydrogen (secondary N) is 2. The van der Waals surface area contributed by atoms with Gasteiger partial charge in [0.2, 0.25) is 5.78 Å². The second-order valence-electron chi connectivity index (χ2n) is 5.29. The Kier molecular flexibility index (Phi) is 3.85. The molecular formula is C18H16N2O3. The van der Waals surface area contributed by atoms with Crippen LogP contribution in [0.3, 0.4) is 0 Å². The lowest BCUT2D eigenvalue weighted by Gasteiger charge is -2.07. The molecule has 0 radical (unpaired) electrons. The summed E-state index contributed by atoms with van der Waals surface area (Å²) >= 11 is 0. The van der Waals surface area contributed by atoms with Gasteiger partial charge in [-0.25, -0.2) is 4.79 Å². The lowest BCUT2D eigenvalue weighted by Crippen LogP contribution is -2.05. The molecule has 3 rings (SSSR count). The number of carboxylic acids is 1. The zero-order valence-electron chi connectivity index (χ0n) is 12.6. The molecule has 1 aromatic heterocycles.